The van der Waals surface area contributed by atoms with Gasteiger partial charge >= 0.3 is 0 Å². The van der Waals surface area contributed by atoms with E-state index in [0.717, 1.165) is 11.3 Å². The van der Waals surface area contributed by atoms with E-state index in [1.807, 2.05) is 43.3 Å². The van der Waals surface area contributed by atoms with Crippen LogP contribution in [0.4, 0.5) is 5.69 Å². The summed E-state index contributed by atoms with van der Waals surface area (Å²) < 4.78 is 1.38. The number of aryl methyl sites for hydroxylation is 1. The molecule has 3 aromatic rings. The quantitative estimate of drug-likeness (QED) is 0.581. The van der Waals surface area contributed by atoms with E-state index in [9.17, 15) is 14.7 Å². The minimum Gasteiger partial charge on any atom is -0.506 e. The number of pyridine rings is 1. The van der Waals surface area contributed by atoms with Gasteiger partial charge in [0.15, 0.2) is 5.78 Å². The number of para-hydroxylation sites is 1. The number of allylic oxidation sites excluding steroid dienone is 1. The van der Waals surface area contributed by atoms with Gasteiger partial charge in [0, 0.05) is 32.2 Å². The summed E-state index contributed by atoms with van der Waals surface area (Å²) in [5, 5.41) is 10.9. The number of ketones is 1. The Labute approximate surface area is 151 Å². The Kier molecular flexibility index (Phi) is 4.63. The fourth-order valence-corrected chi connectivity index (χ4v) is 2.84. The molecule has 0 radical (unpaired) electrons. The first-order valence-corrected chi connectivity index (χ1v) is 8.20. The minimum absolute atomic E-state index is 0.215. The molecule has 0 atom stereocenters. The molecular weight excluding hydrogens is 328 g/mol. The van der Waals surface area contributed by atoms with Crippen LogP contribution in [0.5, 0.6) is 5.75 Å². The summed E-state index contributed by atoms with van der Waals surface area (Å²) in [5.41, 5.74) is 1.73. The van der Waals surface area contributed by atoms with Gasteiger partial charge < -0.3 is 14.6 Å². The smallest absolute Gasteiger partial charge is 0.265 e. The summed E-state index contributed by atoms with van der Waals surface area (Å²) in [5.74, 6) is -0.799. The maximum Gasteiger partial charge on any atom is 0.265 e. The summed E-state index contributed by atoms with van der Waals surface area (Å²) in [7, 11) is 5.49. The monoisotopic (exact) mass is 348 g/mol. The molecule has 0 bridgehead atoms. The van der Waals surface area contributed by atoms with Crippen LogP contribution in [0, 0.1) is 0 Å². The molecule has 2 aromatic carbocycles. The summed E-state index contributed by atoms with van der Waals surface area (Å²) in [6.07, 6.45) is 2.95. The second-order valence-electron chi connectivity index (χ2n) is 6.29. The average Bonchev–Trinajstić information content (AvgIpc) is 2.65. The maximum atomic E-state index is 12.6. The fourth-order valence-electron chi connectivity index (χ4n) is 2.84. The molecule has 5 nitrogen and oxygen atoms in total. The molecule has 0 unspecified atom stereocenters. The number of nitrogens with zero attached hydrogens (tertiary/aromatic N) is 2. The molecule has 0 aliphatic carbocycles. The molecule has 0 saturated heterocycles. The van der Waals surface area contributed by atoms with Crippen LogP contribution in [0.15, 0.2) is 59.4 Å². The Morgan fingerprint density at radius 1 is 1.08 bits per heavy atom. The van der Waals surface area contributed by atoms with Crippen LogP contribution in [-0.2, 0) is 7.05 Å². The number of rotatable bonds is 4. The van der Waals surface area contributed by atoms with Gasteiger partial charge in [0.1, 0.15) is 11.3 Å². The van der Waals surface area contributed by atoms with Crippen LogP contribution in [-0.4, -0.2) is 29.6 Å². The zero-order chi connectivity index (χ0) is 18.8. The number of carbonyl (C=O) groups is 1. The van der Waals surface area contributed by atoms with E-state index in [-0.39, 0.29) is 11.3 Å². The minimum atomic E-state index is -0.523. The van der Waals surface area contributed by atoms with Gasteiger partial charge in [-0.25, -0.2) is 0 Å². The molecule has 0 fully saturated rings. The molecule has 1 aromatic heterocycles. The summed E-state index contributed by atoms with van der Waals surface area (Å²) in [6, 6.07) is 14.6. The van der Waals surface area contributed by atoms with E-state index >= 15 is 0 Å². The van der Waals surface area contributed by atoms with Crippen LogP contribution in [0.1, 0.15) is 15.9 Å². The lowest BCUT2D eigenvalue weighted by Gasteiger charge is -2.11. The van der Waals surface area contributed by atoms with Crippen molar-refractivity contribution in [2.75, 3.05) is 19.0 Å². The first-order chi connectivity index (χ1) is 12.4. The first kappa shape index (κ1) is 17.5. The maximum absolute atomic E-state index is 12.6. The zero-order valence-corrected chi connectivity index (χ0v) is 14.9. The number of benzene rings is 2. The van der Waals surface area contributed by atoms with Crippen molar-refractivity contribution in [2.24, 2.45) is 7.05 Å². The summed E-state index contributed by atoms with van der Waals surface area (Å²) in [6.45, 7) is 0. The third-order valence-electron chi connectivity index (χ3n) is 4.36. The molecule has 132 valence electrons. The number of aromatic nitrogens is 1. The van der Waals surface area contributed by atoms with Crippen LogP contribution < -0.4 is 10.5 Å². The predicted octanol–water partition coefficient (Wildman–Crippen LogP) is 3.21. The average molecular weight is 348 g/mol. The lowest BCUT2D eigenvalue weighted by molar-refractivity contribution is 0.104. The van der Waals surface area contributed by atoms with Crippen LogP contribution in [0.2, 0.25) is 0 Å². The largest absolute Gasteiger partial charge is 0.506 e. The Morgan fingerprint density at radius 2 is 1.73 bits per heavy atom. The van der Waals surface area contributed by atoms with Gasteiger partial charge in [-0.2, -0.15) is 0 Å². The fraction of sp³-hybridized carbons (Fsp3) is 0.143. The summed E-state index contributed by atoms with van der Waals surface area (Å²) in [4.78, 5) is 27.1. The topological polar surface area (TPSA) is 62.5 Å². The molecule has 3 rings (SSSR count). The highest BCUT2D eigenvalue weighted by atomic mass is 16.3. The standard InChI is InChI=1S/C21H20N2O3/c1-22(2)15-11-8-14(9-12-15)10-13-18(24)19-20(25)16-6-4-5-7-17(16)23(3)21(19)26/h4-13,25H,1-3H3/b13-10+. The van der Waals surface area contributed by atoms with Crippen LogP contribution >= 0.6 is 0 Å². The number of carbonyl (C=O) groups excluding carboxylic acids is 1. The lowest BCUT2D eigenvalue weighted by Crippen LogP contribution is -2.24. The third-order valence-corrected chi connectivity index (χ3v) is 4.36. The third kappa shape index (κ3) is 3.11. The molecule has 1 N–H and O–H groups in total. The Bertz CT molecular complexity index is 1060. The lowest BCUT2D eigenvalue weighted by atomic mass is 10.1. The van der Waals surface area contributed by atoms with E-state index in [2.05, 4.69) is 0 Å². The van der Waals surface area contributed by atoms with Crippen molar-refractivity contribution in [3.05, 3.63) is 76.1 Å². The molecule has 0 aliphatic heterocycles. The van der Waals surface area contributed by atoms with E-state index < -0.39 is 11.3 Å². The predicted molar refractivity (Wildman–Crippen MR) is 105 cm³/mol. The molecule has 1 heterocycles. The van der Waals surface area contributed by atoms with Gasteiger partial charge in [0.2, 0.25) is 0 Å². The molecule has 26 heavy (non-hydrogen) atoms. The first-order valence-electron chi connectivity index (χ1n) is 8.20. The molecular formula is C21H20N2O3. The number of aromatic hydroxyl groups is 1. The van der Waals surface area contributed by atoms with Crippen molar-refractivity contribution in [2.45, 2.75) is 0 Å². The molecule has 0 saturated carbocycles. The summed E-state index contributed by atoms with van der Waals surface area (Å²) >= 11 is 0. The Balaban J connectivity index is 1.99. The molecule has 0 spiro atoms. The second kappa shape index (κ2) is 6.88. The van der Waals surface area contributed by atoms with Gasteiger partial charge in [-0.3, -0.25) is 9.59 Å². The van der Waals surface area contributed by atoms with Gasteiger partial charge in [-0.05, 0) is 35.9 Å². The van der Waals surface area contributed by atoms with Crippen molar-refractivity contribution in [1.82, 2.24) is 4.57 Å². The van der Waals surface area contributed by atoms with Crippen molar-refractivity contribution in [1.29, 1.82) is 0 Å². The second-order valence-corrected chi connectivity index (χ2v) is 6.29. The normalized spacial score (nSPS) is 11.2. The van der Waals surface area contributed by atoms with Gasteiger partial charge in [-0.1, -0.05) is 30.3 Å². The van der Waals surface area contributed by atoms with Crippen LogP contribution in [0.3, 0.4) is 0 Å². The number of anilines is 1. The molecule has 0 aliphatic rings. The highest BCUT2D eigenvalue weighted by Crippen LogP contribution is 2.26. The molecule has 5 heteroatoms. The van der Waals surface area contributed by atoms with E-state index in [0.29, 0.717) is 10.9 Å². The van der Waals surface area contributed by atoms with Crippen molar-refractivity contribution < 1.29 is 9.90 Å². The number of hydrogen-bond acceptors (Lipinski definition) is 4. The molecule has 0 amide bonds. The van der Waals surface area contributed by atoms with Crippen molar-refractivity contribution in [3.8, 4) is 5.75 Å². The highest BCUT2D eigenvalue weighted by molar-refractivity contribution is 6.11. The van der Waals surface area contributed by atoms with Gasteiger partial charge in [0.25, 0.3) is 5.56 Å². The van der Waals surface area contributed by atoms with Gasteiger partial charge in [0.05, 0.1) is 5.52 Å². The highest BCUT2D eigenvalue weighted by Gasteiger charge is 2.19. The number of fused-ring (bicyclic) bond motifs is 1. The van der Waals surface area contributed by atoms with E-state index in [4.69, 9.17) is 0 Å². The zero-order valence-electron chi connectivity index (χ0n) is 14.9. The van der Waals surface area contributed by atoms with E-state index in [1.54, 1.807) is 37.4 Å². The van der Waals surface area contributed by atoms with E-state index in [1.165, 1.54) is 10.6 Å². The Hall–Kier alpha value is -3.34. The Morgan fingerprint density at radius 3 is 2.38 bits per heavy atom. The SMILES string of the molecule is CN(C)c1ccc(/C=C/C(=O)c2c(O)c3ccccc3n(C)c2=O)cc1. The van der Waals surface area contributed by atoms with Crippen molar-refractivity contribution >= 4 is 28.4 Å². The van der Waals surface area contributed by atoms with Crippen LogP contribution in [0.25, 0.3) is 17.0 Å². The van der Waals surface area contributed by atoms with Crippen molar-refractivity contribution in [3.63, 3.8) is 0 Å². The van der Waals surface area contributed by atoms with Gasteiger partial charge in [-0.15, -0.1) is 0 Å². The number of hydrogen-bond donors (Lipinski definition) is 1.